The first-order valence-corrected chi connectivity index (χ1v) is 13.1. The molecule has 3 aromatic carbocycles. The molecule has 2 amide bonds. The molecular formula is C29H28BrN5O3. The molecule has 0 aliphatic carbocycles. The summed E-state index contributed by atoms with van der Waals surface area (Å²) in [4.78, 5) is 24.7. The fraction of sp³-hybridized carbons (Fsp3) is 0.172. The van der Waals surface area contributed by atoms with E-state index in [2.05, 4.69) is 38.7 Å². The van der Waals surface area contributed by atoms with Gasteiger partial charge in [-0.15, -0.1) is 0 Å². The minimum Gasteiger partial charge on any atom is -0.494 e. The van der Waals surface area contributed by atoms with Crippen molar-refractivity contribution in [2.45, 2.75) is 19.8 Å². The van der Waals surface area contributed by atoms with Crippen LogP contribution in [0.3, 0.4) is 0 Å². The van der Waals surface area contributed by atoms with Crippen molar-refractivity contribution < 1.29 is 14.3 Å². The number of benzene rings is 3. The Hall–Kier alpha value is -4.24. The van der Waals surface area contributed by atoms with E-state index < -0.39 is 5.91 Å². The number of aromatic nitrogens is 2. The number of hydrazone groups is 1. The number of para-hydroxylation sites is 1. The standard InChI is InChI=1S/C29H28BrN5O3/c1-2-3-17-38-26-15-11-22(12-16-26)29(37)31-19-27(36)33-32-18-23-20-35(25-7-5-4-6-8-25)34-28(23)21-9-13-24(30)14-10-21/h4-16,18,20H,2-3,17,19H2,1H3,(H,31,37)(H,33,36)/b32-18+. The van der Waals surface area contributed by atoms with Crippen LogP contribution in [0.15, 0.2) is 94.6 Å². The summed E-state index contributed by atoms with van der Waals surface area (Å²) in [5.74, 6) is -0.0964. The Kier molecular flexibility index (Phi) is 9.42. The molecule has 1 aromatic heterocycles. The number of hydrogen-bond acceptors (Lipinski definition) is 5. The number of rotatable bonds is 11. The average Bonchev–Trinajstić information content (AvgIpc) is 3.37. The van der Waals surface area contributed by atoms with Gasteiger partial charge in [-0.05, 0) is 55.0 Å². The summed E-state index contributed by atoms with van der Waals surface area (Å²) in [6.07, 6.45) is 5.41. The molecule has 0 saturated carbocycles. The monoisotopic (exact) mass is 573 g/mol. The summed E-state index contributed by atoms with van der Waals surface area (Å²) >= 11 is 3.46. The molecule has 38 heavy (non-hydrogen) atoms. The Morgan fingerprint density at radius 3 is 2.47 bits per heavy atom. The van der Waals surface area contributed by atoms with Crippen molar-refractivity contribution in [3.8, 4) is 22.7 Å². The second-order valence-corrected chi connectivity index (χ2v) is 9.34. The van der Waals surface area contributed by atoms with E-state index in [1.54, 1.807) is 35.2 Å². The Bertz CT molecular complexity index is 1380. The van der Waals surface area contributed by atoms with Crippen LogP contribution < -0.4 is 15.5 Å². The predicted molar refractivity (Wildman–Crippen MR) is 152 cm³/mol. The lowest BCUT2D eigenvalue weighted by Gasteiger charge is -2.07. The molecule has 194 valence electrons. The Morgan fingerprint density at radius 2 is 1.76 bits per heavy atom. The zero-order valence-electron chi connectivity index (χ0n) is 20.9. The van der Waals surface area contributed by atoms with Gasteiger partial charge in [0.05, 0.1) is 25.1 Å². The van der Waals surface area contributed by atoms with Crippen LogP contribution >= 0.6 is 15.9 Å². The number of carbonyl (C=O) groups is 2. The normalized spacial score (nSPS) is 10.9. The highest BCUT2D eigenvalue weighted by atomic mass is 79.9. The first-order valence-electron chi connectivity index (χ1n) is 12.3. The minimum absolute atomic E-state index is 0.215. The molecular weight excluding hydrogens is 546 g/mol. The lowest BCUT2D eigenvalue weighted by Crippen LogP contribution is -2.34. The van der Waals surface area contributed by atoms with Gasteiger partial charge in [-0.1, -0.05) is 59.6 Å². The molecule has 0 bridgehead atoms. The van der Waals surface area contributed by atoms with Gasteiger partial charge in [0.15, 0.2) is 0 Å². The maximum atomic E-state index is 12.4. The van der Waals surface area contributed by atoms with Crippen molar-refractivity contribution >= 4 is 34.0 Å². The van der Waals surface area contributed by atoms with Crippen LogP contribution in [-0.4, -0.2) is 41.0 Å². The maximum Gasteiger partial charge on any atom is 0.259 e. The lowest BCUT2D eigenvalue weighted by atomic mass is 10.1. The fourth-order valence-electron chi connectivity index (χ4n) is 3.54. The van der Waals surface area contributed by atoms with Gasteiger partial charge < -0.3 is 10.1 Å². The van der Waals surface area contributed by atoms with Gasteiger partial charge in [-0.25, -0.2) is 10.1 Å². The molecule has 8 nitrogen and oxygen atoms in total. The largest absolute Gasteiger partial charge is 0.494 e. The maximum absolute atomic E-state index is 12.4. The van der Waals surface area contributed by atoms with Gasteiger partial charge >= 0.3 is 0 Å². The van der Waals surface area contributed by atoms with Crippen molar-refractivity contribution in [3.05, 3.63) is 101 Å². The molecule has 4 rings (SSSR count). The summed E-state index contributed by atoms with van der Waals surface area (Å²) in [5, 5.41) is 11.4. The number of carbonyl (C=O) groups excluding carboxylic acids is 2. The van der Waals surface area contributed by atoms with E-state index in [0.717, 1.165) is 39.8 Å². The molecule has 0 radical (unpaired) electrons. The fourth-order valence-corrected chi connectivity index (χ4v) is 3.80. The van der Waals surface area contributed by atoms with Crippen LogP contribution in [0, 0.1) is 0 Å². The number of ether oxygens (including phenoxy) is 1. The summed E-state index contributed by atoms with van der Waals surface area (Å²) in [6.45, 7) is 2.52. The summed E-state index contributed by atoms with van der Waals surface area (Å²) < 4.78 is 8.34. The van der Waals surface area contributed by atoms with Gasteiger partial charge in [0.1, 0.15) is 11.4 Å². The van der Waals surface area contributed by atoms with Crippen molar-refractivity contribution in [2.24, 2.45) is 5.10 Å². The van der Waals surface area contributed by atoms with Crippen LogP contribution in [0.2, 0.25) is 0 Å². The van der Waals surface area contributed by atoms with E-state index in [1.807, 2.05) is 60.8 Å². The third-order valence-electron chi connectivity index (χ3n) is 5.57. The molecule has 0 aliphatic heterocycles. The van der Waals surface area contributed by atoms with E-state index in [0.29, 0.717) is 17.9 Å². The van der Waals surface area contributed by atoms with E-state index in [-0.39, 0.29) is 12.5 Å². The molecule has 0 atom stereocenters. The van der Waals surface area contributed by atoms with Crippen LogP contribution in [0.5, 0.6) is 5.75 Å². The zero-order chi connectivity index (χ0) is 26.7. The highest BCUT2D eigenvalue weighted by Gasteiger charge is 2.12. The second kappa shape index (κ2) is 13.3. The first kappa shape index (κ1) is 26.8. The summed E-state index contributed by atoms with van der Waals surface area (Å²) in [5.41, 5.74) is 6.15. The van der Waals surface area contributed by atoms with Gasteiger partial charge in [-0.2, -0.15) is 10.2 Å². The van der Waals surface area contributed by atoms with Crippen LogP contribution in [-0.2, 0) is 4.79 Å². The Labute approximate surface area is 229 Å². The molecule has 2 N–H and O–H groups in total. The first-order chi connectivity index (χ1) is 18.5. The smallest absolute Gasteiger partial charge is 0.259 e. The van der Waals surface area contributed by atoms with Gasteiger partial charge in [0.2, 0.25) is 0 Å². The highest BCUT2D eigenvalue weighted by molar-refractivity contribution is 9.10. The molecule has 0 fully saturated rings. The number of unbranched alkanes of at least 4 members (excludes halogenated alkanes) is 1. The summed E-state index contributed by atoms with van der Waals surface area (Å²) in [6, 6.07) is 24.3. The molecule has 9 heteroatoms. The minimum atomic E-state index is -0.449. The number of halogens is 1. The van der Waals surface area contributed by atoms with Gasteiger partial charge in [0, 0.05) is 27.4 Å². The zero-order valence-corrected chi connectivity index (χ0v) is 22.5. The Morgan fingerprint density at radius 1 is 1.03 bits per heavy atom. The van der Waals surface area contributed by atoms with E-state index in [4.69, 9.17) is 9.84 Å². The topological polar surface area (TPSA) is 97.6 Å². The molecule has 0 unspecified atom stereocenters. The average molecular weight is 574 g/mol. The number of nitrogens with one attached hydrogen (secondary N) is 2. The summed E-state index contributed by atoms with van der Waals surface area (Å²) in [7, 11) is 0. The van der Waals surface area contributed by atoms with Crippen molar-refractivity contribution in [2.75, 3.05) is 13.2 Å². The molecule has 1 heterocycles. The number of nitrogens with zero attached hydrogens (tertiary/aromatic N) is 3. The quantitative estimate of drug-likeness (QED) is 0.143. The van der Waals surface area contributed by atoms with Crippen molar-refractivity contribution in [1.29, 1.82) is 0 Å². The molecule has 4 aromatic rings. The van der Waals surface area contributed by atoms with Crippen LogP contribution in [0.25, 0.3) is 16.9 Å². The van der Waals surface area contributed by atoms with E-state index >= 15 is 0 Å². The van der Waals surface area contributed by atoms with Crippen molar-refractivity contribution in [3.63, 3.8) is 0 Å². The number of amides is 2. The Balaban J connectivity index is 1.36. The van der Waals surface area contributed by atoms with Crippen LogP contribution in [0.4, 0.5) is 0 Å². The molecule has 0 saturated heterocycles. The SMILES string of the molecule is CCCCOc1ccc(C(=O)NCC(=O)N/N=C/c2cn(-c3ccccc3)nc2-c2ccc(Br)cc2)cc1. The predicted octanol–water partition coefficient (Wildman–Crippen LogP) is 5.36. The second-order valence-electron chi connectivity index (χ2n) is 8.42. The number of hydrogen-bond donors (Lipinski definition) is 2. The molecule has 0 aliphatic rings. The lowest BCUT2D eigenvalue weighted by molar-refractivity contribution is -0.120. The van der Waals surface area contributed by atoms with Gasteiger partial charge in [-0.3, -0.25) is 9.59 Å². The molecule has 0 spiro atoms. The highest BCUT2D eigenvalue weighted by Crippen LogP contribution is 2.24. The van der Waals surface area contributed by atoms with Crippen molar-refractivity contribution in [1.82, 2.24) is 20.5 Å². The third-order valence-corrected chi connectivity index (χ3v) is 6.10. The van der Waals surface area contributed by atoms with E-state index in [9.17, 15) is 9.59 Å². The third kappa shape index (κ3) is 7.39. The van der Waals surface area contributed by atoms with Gasteiger partial charge in [0.25, 0.3) is 11.8 Å². The van der Waals surface area contributed by atoms with E-state index in [1.165, 1.54) is 0 Å². The van der Waals surface area contributed by atoms with Crippen LogP contribution in [0.1, 0.15) is 35.7 Å².